The van der Waals surface area contributed by atoms with Crippen LogP contribution in [0.25, 0.3) is 0 Å². The summed E-state index contributed by atoms with van der Waals surface area (Å²) in [5.74, 6) is 1.47. The van der Waals surface area contributed by atoms with Crippen molar-refractivity contribution in [3.8, 4) is 0 Å². The van der Waals surface area contributed by atoms with E-state index in [-0.39, 0.29) is 11.0 Å². The highest BCUT2D eigenvalue weighted by Crippen LogP contribution is 2.06. The number of hydrogen-bond donors (Lipinski definition) is 1. The molecule has 1 atom stereocenters. The van der Waals surface area contributed by atoms with Crippen LogP contribution in [0.5, 0.6) is 0 Å². The molecule has 0 amide bonds. The van der Waals surface area contributed by atoms with Crippen LogP contribution in [0, 0.1) is 5.92 Å². The minimum atomic E-state index is -2.89. The van der Waals surface area contributed by atoms with Crippen molar-refractivity contribution in [2.75, 3.05) is 24.7 Å². The fourth-order valence-corrected chi connectivity index (χ4v) is 2.28. The highest BCUT2D eigenvalue weighted by molar-refractivity contribution is 7.92. The van der Waals surface area contributed by atoms with Crippen molar-refractivity contribution in [2.24, 2.45) is 5.92 Å². The second kappa shape index (κ2) is 8.31. The van der Waals surface area contributed by atoms with Gasteiger partial charge in [-0.2, -0.15) is 0 Å². The normalized spacial score (nSPS) is 14.3. The molecule has 0 aromatic rings. The van der Waals surface area contributed by atoms with Gasteiger partial charge in [0.25, 0.3) is 0 Å². The third-order valence-corrected chi connectivity index (χ3v) is 5.33. The standard InChI is InChI=1S/C11H24ClNO2S/c1-10(2)16(14,15)8-7-13-6-4-5-11(3)9-12/h10-11,13H,4-9H2,1-3H3. The number of rotatable bonds is 9. The van der Waals surface area contributed by atoms with E-state index in [1.165, 1.54) is 0 Å². The number of halogens is 1. The molecule has 16 heavy (non-hydrogen) atoms. The highest BCUT2D eigenvalue weighted by Gasteiger charge is 2.14. The van der Waals surface area contributed by atoms with E-state index in [0.717, 1.165) is 19.4 Å². The fraction of sp³-hybridized carbons (Fsp3) is 1.00. The van der Waals surface area contributed by atoms with E-state index >= 15 is 0 Å². The van der Waals surface area contributed by atoms with Gasteiger partial charge in [0, 0.05) is 12.4 Å². The Balaban J connectivity index is 3.48. The zero-order valence-corrected chi connectivity index (χ0v) is 12.1. The summed E-state index contributed by atoms with van der Waals surface area (Å²) >= 11 is 5.69. The van der Waals surface area contributed by atoms with Gasteiger partial charge in [0.2, 0.25) is 0 Å². The minimum absolute atomic E-state index is 0.232. The molecule has 0 aliphatic rings. The van der Waals surface area contributed by atoms with Crippen LogP contribution in [0.15, 0.2) is 0 Å². The van der Waals surface area contributed by atoms with Crippen LogP contribution in [0.4, 0.5) is 0 Å². The largest absolute Gasteiger partial charge is 0.316 e. The first-order valence-corrected chi connectivity index (χ1v) is 8.13. The lowest BCUT2D eigenvalue weighted by atomic mass is 10.1. The first-order chi connectivity index (χ1) is 7.40. The topological polar surface area (TPSA) is 46.2 Å². The van der Waals surface area contributed by atoms with E-state index < -0.39 is 9.84 Å². The zero-order valence-electron chi connectivity index (χ0n) is 10.5. The fourth-order valence-electron chi connectivity index (χ4n) is 1.23. The molecule has 0 heterocycles. The number of hydrogen-bond acceptors (Lipinski definition) is 3. The van der Waals surface area contributed by atoms with Gasteiger partial charge in [0.15, 0.2) is 9.84 Å². The molecule has 3 nitrogen and oxygen atoms in total. The Morgan fingerprint density at radius 1 is 1.19 bits per heavy atom. The molecular weight excluding hydrogens is 246 g/mol. The molecule has 0 aliphatic heterocycles. The lowest BCUT2D eigenvalue weighted by Crippen LogP contribution is -2.28. The van der Waals surface area contributed by atoms with Gasteiger partial charge in [-0.05, 0) is 39.2 Å². The summed E-state index contributed by atoms with van der Waals surface area (Å²) in [6.45, 7) is 6.98. The maximum absolute atomic E-state index is 11.5. The van der Waals surface area contributed by atoms with E-state index in [4.69, 9.17) is 11.6 Å². The summed E-state index contributed by atoms with van der Waals surface area (Å²) in [6.07, 6.45) is 2.14. The third-order valence-electron chi connectivity index (χ3n) is 2.60. The van der Waals surface area contributed by atoms with Crippen LogP contribution in [0.3, 0.4) is 0 Å². The van der Waals surface area contributed by atoms with Gasteiger partial charge in [0.05, 0.1) is 11.0 Å². The molecule has 5 heteroatoms. The summed E-state index contributed by atoms with van der Waals surface area (Å²) in [5.41, 5.74) is 0. The lowest BCUT2D eigenvalue weighted by molar-refractivity contribution is 0.534. The quantitative estimate of drug-likeness (QED) is 0.515. The molecule has 0 saturated heterocycles. The Morgan fingerprint density at radius 3 is 2.31 bits per heavy atom. The van der Waals surface area contributed by atoms with Crippen LogP contribution in [0.2, 0.25) is 0 Å². The minimum Gasteiger partial charge on any atom is -0.316 e. The lowest BCUT2D eigenvalue weighted by Gasteiger charge is -2.09. The van der Waals surface area contributed by atoms with E-state index in [0.29, 0.717) is 18.3 Å². The van der Waals surface area contributed by atoms with Crippen molar-refractivity contribution in [2.45, 2.75) is 38.9 Å². The van der Waals surface area contributed by atoms with Crippen molar-refractivity contribution < 1.29 is 8.42 Å². The molecule has 1 N–H and O–H groups in total. The number of alkyl halides is 1. The first-order valence-electron chi connectivity index (χ1n) is 5.88. The van der Waals surface area contributed by atoms with Crippen LogP contribution in [-0.2, 0) is 9.84 Å². The van der Waals surface area contributed by atoms with E-state index in [1.54, 1.807) is 13.8 Å². The van der Waals surface area contributed by atoms with Gasteiger partial charge in [-0.1, -0.05) is 6.92 Å². The molecule has 0 bridgehead atoms. The van der Waals surface area contributed by atoms with Gasteiger partial charge in [-0.25, -0.2) is 8.42 Å². The monoisotopic (exact) mass is 269 g/mol. The predicted molar refractivity (Wildman–Crippen MR) is 70.9 cm³/mol. The van der Waals surface area contributed by atoms with Crippen molar-refractivity contribution in [1.82, 2.24) is 5.32 Å². The summed E-state index contributed by atoms with van der Waals surface area (Å²) in [6, 6.07) is 0. The number of nitrogens with one attached hydrogen (secondary N) is 1. The van der Waals surface area contributed by atoms with Crippen molar-refractivity contribution in [3.05, 3.63) is 0 Å². The summed E-state index contributed by atoms with van der Waals surface area (Å²) in [5, 5.41) is 2.88. The van der Waals surface area contributed by atoms with Gasteiger partial charge >= 0.3 is 0 Å². The second-order valence-corrected chi connectivity index (χ2v) is 7.55. The Hall–Kier alpha value is 0.200. The molecule has 0 aliphatic carbocycles. The molecule has 0 spiro atoms. The van der Waals surface area contributed by atoms with Crippen LogP contribution in [0.1, 0.15) is 33.6 Å². The van der Waals surface area contributed by atoms with Crippen LogP contribution >= 0.6 is 11.6 Å². The maximum Gasteiger partial charge on any atom is 0.153 e. The van der Waals surface area contributed by atoms with Crippen LogP contribution in [-0.4, -0.2) is 38.4 Å². The van der Waals surface area contributed by atoms with Gasteiger partial charge < -0.3 is 5.32 Å². The first kappa shape index (κ1) is 16.2. The molecule has 0 rings (SSSR count). The summed E-state index contributed by atoms with van der Waals surface area (Å²) in [7, 11) is -2.89. The molecule has 98 valence electrons. The van der Waals surface area contributed by atoms with Crippen LogP contribution < -0.4 is 5.32 Å². The van der Waals surface area contributed by atoms with Crippen molar-refractivity contribution in [3.63, 3.8) is 0 Å². The summed E-state index contributed by atoms with van der Waals surface area (Å²) < 4.78 is 22.9. The smallest absolute Gasteiger partial charge is 0.153 e. The molecule has 0 aromatic carbocycles. The second-order valence-electron chi connectivity index (χ2n) is 4.57. The van der Waals surface area contributed by atoms with Gasteiger partial charge in [-0.15, -0.1) is 11.6 Å². The molecule has 0 fully saturated rings. The average molecular weight is 270 g/mol. The predicted octanol–water partition coefficient (Wildman–Crippen LogP) is 2.05. The van der Waals surface area contributed by atoms with E-state index in [9.17, 15) is 8.42 Å². The molecule has 0 saturated carbocycles. The molecule has 0 radical (unpaired) electrons. The van der Waals surface area contributed by atoms with E-state index in [2.05, 4.69) is 12.2 Å². The summed E-state index contributed by atoms with van der Waals surface area (Å²) in [4.78, 5) is 0. The molecule has 1 unspecified atom stereocenters. The number of sulfone groups is 1. The Bertz CT molecular complexity index is 265. The average Bonchev–Trinajstić information content (AvgIpc) is 2.22. The van der Waals surface area contributed by atoms with Gasteiger partial charge in [-0.3, -0.25) is 0 Å². The van der Waals surface area contributed by atoms with Gasteiger partial charge in [0.1, 0.15) is 0 Å². The third kappa shape index (κ3) is 7.47. The Morgan fingerprint density at radius 2 is 1.81 bits per heavy atom. The SMILES string of the molecule is CC(CCl)CCCNCCS(=O)(=O)C(C)C. The van der Waals surface area contributed by atoms with Crippen molar-refractivity contribution >= 4 is 21.4 Å². The molecular formula is C11H24ClNO2S. The van der Waals surface area contributed by atoms with Crippen molar-refractivity contribution in [1.29, 1.82) is 0 Å². The Kier molecular flexibility index (Phi) is 8.42. The highest BCUT2D eigenvalue weighted by atomic mass is 35.5. The zero-order chi connectivity index (χ0) is 12.6. The molecule has 0 aromatic heterocycles. The maximum atomic E-state index is 11.5. The Labute approximate surface area is 105 Å². The van der Waals surface area contributed by atoms with E-state index in [1.807, 2.05) is 0 Å².